The number of hydrogen-bond acceptors (Lipinski definition) is 2. The Bertz CT molecular complexity index is 769. The van der Waals surface area contributed by atoms with Crippen molar-refractivity contribution in [2.45, 2.75) is 52.6 Å². The summed E-state index contributed by atoms with van der Waals surface area (Å²) in [5, 5.41) is 4.69. The molecule has 3 nitrogen and oxygen atoms in total. The number of aryl methyl sites for hydroxylation is 1. The van der Waals surface area contributed by atoms with Gasteiger partial charge in [0.15, 0.2) is 0 Å². The topological polar surface area (TPSA) is 34.0 Å². The van der Waals surface area contributed by atoms with Gasteiger partial charge in [0.2, 0.25) is 5.91 Å². The van der Waals surface area contributed by atoms with Gasteiger partial charge in [-0.3, -0.25) is 4.79 Å². The van der Waals surface area contributed by atoms with Crippen LogP contribution >= 0.6 is 11.3 Å². The van der Waals surface area contributed by atoms with Crippen LogP contribution < -0.4 is 5.32 Å². The number of nitrogens with zero attached hydrogens (tertiary/aromatic N) is 1. The molecule has 1 atom stereocenters. The Labute approximate surface area is 156 Å². The number of rotatable bonds is 5. The molecule has 144 valence electrons. The largest absolute Gasteiger partial charge is 0.418 e. The van der Waals surface area contributed by atoms with Gasteiger partial charge < -0.3 is 9.88 Å². The molecule has 2 aromatic rings. The SMILES string of the molecule is CC(CC(C)(C)C)c1sccc1NC(=O)Cc1cn(C)cc1C(F)(F)F. The Kier molecular flexibility index (Phi) is 5.90. The molecule has 0 bridgehead atoms. The Morgan fingerprint density at radius 3 is 2.50 bits per heavy atom. The molecule has 0 fully saturated rings. The molecule has 2 rings (SSSR count). The fraction of sp³-hybridized carbons (Fsp3) is 0.526. The van der Waals surface area contributed by atoms with E-state index in [4.69, 9.17) is 0 Å². The minimum Gasteiger partial charge on any atom is -0.356 e. The predicted octanol–water partition coefficient (Wildman–Crippen LogP) is 5.83. The molecule has 0 aliphatic rings. The van der Waals surface area contributed by atoms with Crippen LogP contribution in [0.1, 0.15) is 56.0 Å². The number of anilines is 1. The van der Waals surface area contributed by atoms with Gasteiger partial charge in [-0.1, -0.05) is 27.7 Å². The first-order chi connectivity index (χ1) is 11.9. The average molecular weight is 386 g/mol. The van der Waals surface area contributed by atoms with E-state index in [0.717, 1.165) is 17.5 Å². The fourth-order valence-corrected chi connectivity index (χ4v) is 4.13. The lowest BCUT2D eigenvalue weighted by Crippen LogP contribution is -2.18. The smallest absolute Gasteiger partial charge is 0.356 e. The minimum atomic E-state index is -4.47. The summed E-state index contributed by atoms with van der Waals surface area (Å²) in [5.41, 5.74) is 0.0659. The van der Waals surface area contributed by atoms with Crippen molar-refractivity contribution in [3.05, 3.63) is 39.8 Å². The molecule has 26 heavy (non-hydrogen) atoms. The van der Waals surface area contributed by atoms with Crippen LogP contribution in [0.2, 0.25) is 0 Å². The molecule has 0 aromatic carbocycles. The van der Waals surface area contributed by atoms with Crippen molar-refractivity contribution < 1.29 is 18.0 Å². The summed E-state index contributed by atoms with van der Waals surface area (Å²) >= 11 is 1.56. The second-order valence-corrected chi connectivity index (χ2v) is 8.90. The third-order valence-electron chi connectivity index (χ3n) is 4.03. The highest BCUT2D eigenvalue weighted by Gasteiger charge is 2.35. The number of thiophene rings is 1. The van der Waals surface area contributed by atoms with Crippen molar-refractivity contribution in [3.8, 4) is 0 Å². The lowest BCUT2D eigenvalue weighted by atomic mass is 9.84. The van der Waals surface area contributed by atoms with Crippen LogP contribution in [0.3, 0.4) is 0 Å². The number of alkyl halides is 3. The van der Waals surface area contributed by atoms with Crippen molar-refractivity contribution >= 4 is 22.9 Å². The monoisotopic (exact) mass is 386 g/mol. The van der Waals surface area contributed by atoms with E-state index in [-0.39, 0.29) is 23.3 Å². The average Bonchev–Trinajstić information content (AvgIpc) is 3.02. The van der Waals surface area contributed by atoms with Gasteiger partial charge >= 0.3 is 6.18 Å². The molecule has 0 saturated heterocycles. The van der Waals surface area contributed by atoms with Gasteiger partial charge in [-0.15, -0.1) is 11.3 Å². The molecular weight excluding hydrogens is 361 g/mol. The van der Waals surface area contributed by atoms with Gasteiger partial charge in [0.1, 0.15) is 0 Å². The zero-order valence-corrected chi connectivity index (χ0v) is 16.5. The van der Waals surface area contributed by atoms with E-state index in [0.29, 0.717) is 5.69 Å². The molecule has 2 aromatic heterocycles. The Hall–Kier alpha value is -1.76. The molecule has 0 saturated carbocycles. The molecule has 0 aliphatic carbocycles. The van der Waals surface area contributed by atoms with Crippen LogP contribution in [0.15, 0.2) is 23.8 Å². The summed E-state index contributed by atoms with van der Waals surface area (Å²) < 4.78 is 40.5. The molecule has 1 amide bonds. The van der Waals surface area contributed by atoms with Crippen LogP contribution in [-0.4, -0.2) is 10.5 Å². The lowest BCUT2D eigenvalue weighted by molar-refractivity contribution is -0.138. The number of halogens is 3. The maximum absolute atomic E-state index is 13.1. The number of nitrogens with one attached hydrogen (secondary N) is 1. The van der Waals surface area contributed by atoms with E-state index in [9.17, 15) is 18.0 Å². The second-order valence-electron chi connectivity index (χ2n) is 7.95. The molecule has 0 aliphatic heterocycles. The number of amides is 1. The first-order valence-electron chi connectivity index (χ1n) is 8.46. The number of carbonyl (C=O) groups is 1. The number of carbonyl (C=O) groups excluding carboxylic acids is 1. The Morgan fingerprint density at radius 2 is 1.92 bits per heavy atom. The number of hydrogen-bond donors (Lipinski definition) is 1. The fourth-order valence-electron chi connectivity index (χ4n) is 3.22. The zero-order chi connectivity index (χ0) is 19.7. The van der Waals surface area contributed by atoms with Gasteiger partial charge in [-0.2, -0.15) is 13.2 Å². The third kappa shape index (κ3) is 5.37. The maximum Gasteiger partial charge on any atom is 0.418 e. The summed E-state index contributed by atoms with van der Waals surface area (Å²) in [5.74, 6) is -0.183. The summed E-state index contributed by atoms with van der Waals surface area (Å²) in [6.45, 7) is 8.57. The van der Waals surface area contributed by atoms with Crippen LogP contribution in [0, 0.1) is 5.41 Å². The summed E-state index contributed by atoms with van der Waals surface area (Å²) in [4.78, 5) is 13.4. The minimum absolute atomic E-state index is 0.0166. The molecule has 1 unspecified atom stereocenters. The van der Waals surface area contributed by atoms with E-state index in [1.54, 1.807) is 11.3 Å². The highest BCUT2D eigenvalue weighted by Crippen LogP contribution is 2.38. The number of aromatic nitrogens is 1. The van der Waals surface area contributed by atoms with E-state index < -0.39 is 17.6 Å². The molecule has 2 heterocycles. The van der Waals surface area contributed by atoms with Crippen molar-refractivity contribution in [3.63, 3.8) is 0 Å². The molecular formula is C19H25F3N2OS. The predicted molar refractivity (Wildman–Crippen MR) is 99.6 cm³/mol. The van der Waals surface area contributed by atoms with E-state index in [1.165, 1.54) is 17.8 Å². The Balaban J connectivity index is 2.12. The van der Waals surface area contributed by atoms with Crippen LogP contribution in [0.4, 0.5) is 18.9 Å². The Morgan fingerprint density at radius 1 is 1.27 bits per heavy atom. The second kappa shape index (κ2) is 7.47. The first-order valence-corrected chi connectivity index (χ1v) is 9.34. The van der Waals surface area contributed by atoms with Crippen LogP contribution in [0.25, 0.3) is 0 Å². The quantitative estimate of drug-likeness (QED) is 0.690. The summed E-state index contributed by atoms with van der Waals surface area (Å²) in [6, 6.07) is 1.81. The molecule has 0 radical (unpaired) electrons. The van der Waals surface area contributed by atoms with Gasteiger partial charge in [-0.05, 0) is 34.8 Å². The van der Waals surface area contributed by atoms with Crippen molar-refractivity contribution in [1.29, 1.82) is 0 Å². The molecule has 0 spiro atoms. The van der Waals surface area contributed by atoms with E-state index >= 15 is 0 Å². The van der Waals surface area contributed by atoms with Crippen molar-refractivity contribution in [1.82, 2.24) is 4.57 Å². The van der Waals surface area contributed by atoms with E-state index in [2.05, 4.69) is 33.0 Å². The van der Waals surface area contributed by atoms with Crippen molar-refractivity contribution in [2.24, 2.45) is 12.5 Å². The highest BCUT2D eigenvalue weighted by atomic mass is 32.1. The van der Waals surface area contributed by atoms with Gasteiger partial charge in [-0.25, -0.2) is 0 Å². The molecule has 1 N–H and O–H groups in total. The normalized spacial score (nSPS) is 13.7. The van der Waals surface area contributed by atoms with Crippen LogP contribution in [0.5, 0.6) is 0 Å². The van der Waals surface area contributed by atoms with Gasteiger partial charge in [0.05, 0.1) is 17.7 Å². The van der Waals surface area contributed by atoms with Gasteiger partial charge in [0, 0.05) is 24.3 Å². The standard InChI is InChI=1S/C19H25F3N2OS/c1-12(9-18(2,3)4)17-15(6-7-26-17)23-16(25)8-13-10-24(5)11-14(13)19(20,21)22/h6-7,10-12H,8-9H2,1-5H3,(H,23,25). The first kappa shape index (κ1) is 20.6. The maximum atomic E-state index is 13.1. The summed E-state index contributed by atoms with van der Waals surface area (Å²) in [6.07, 6.45) is -1.47. The summed E-state index contributed by atoms with van der Waals surface area (Å²) in [7, 11) is 1.52. The zero-order valence-electron chi connectivity index (χ0n) is 15.7. The van der Waals surface area contributed by atoms with E-state index in [1.807, 2.05) is 11.4 Å². The highest BCUT2D eigenvalue weighted by molar-refractivity contribution is 7.10. The van der Waals surface area contributed by atoms with Crippen LogP contribution in [-0.2, 0) is 24.4 Å². The third-order valence-corrected chi connectivity index (χ3v) is 5.18. The van der Waals surface area contributed by atoms with Gasteiger partial charge in [0.25, 0.3) is 0 Å². The molecule has 7 heteroatoms. The van der Waals surface area contributed by atoms with Crippen molar-refractivity contribution in [2.75, 3.05) is 5.32 Å². The lowest BCUT2D eigenvalue weighted by Gasteiger charge is -2.23.